The Labute approximate surface area is 103 Å². The van der Waals surface area contributed by atoms with Crippen LogP contribution in [0.1, 0.15) is 13.3 Å². The van der Waals surface area contributed by atoms with E-state index in [0.29, 0.717) is 17.9 Å². The second kappa shape index (κ2) is 5.86. The molecule has 0 saturated carbocycles. The number of nitrogens with two attached hydrogens (primary N) is 1. The fraction of sp³-hybridized carbons (Fsp3) is 0.364. The van der Waals surface area contributed by atoms with E-state index in [-0.39, 0.29) is 5.91 Å². The maximum Gasteiger partial charge on any atom is 0.241 e. The zero-order chi connectivity index (χ0) is 12.1. The van der Waals surface area contributed by atoms with Crippen molar-refractivity contribution in [1.29, 1.82) is 0 Å². The first-order chi connectivity index (χ1) is 7.58. The Morgan fingerprint density at radius 2 is 2.31 bits per heavy atom. The summed E-state index contributed by atoms with van der Waals surface area (Å²) in [5.41, 5.74) is 6.29. The molecule has 0 heterocycles. The van der Waals surface area contributed by atoms with E-state index < -0.39 is 6.04 Å². The number of carbonyl (C=O) groups excluding carboxylic acids is 1. The number of rotatable bonds is 4. The summed E-state index contributed by atoms with van der Waals surface area (Å²) in [6, 6.07) is 4.87. The largest absolute Gasteiger partial charge is 0.497 e. The molecule has 0 radical (unpaired) electrons. The van der Waals surface area contributed by atoms with Crippen LogP contribution in [0.2, 0.25) is 0 Å². The van der Waals surface area contributed by atoms with Gasteiger partial charge in [0.05, 0.1) is 18.8 Å². The maximum atomic E-state index is 11.6. The summed E-state index contributed by atoms with van der Waals surface area (Å²) in [5.74, 6) is 0.486. The van der Waals surface area contributed by atoms with Gasteiger partial charge >= 0.3 is 0 Å². The first-order valence-corrected chi connectivity index (χ1v) is 5.77. The standard InChI is InChI=1S/C11H15BrN2O2/c1-3-9(13)11(15)14-10-6-7(16-2)4-5-8(10)12/h4-6,9H,3,13H2,1-2H3,(H,14,15). The molecule has 0 bridgehead atoms. The molecule has 0 aromatic heterocycles. The Morgan fingerprint density at radius 3 is 2.88 bits per heavy atom. The van der Waals surface area contributed by atoms with E-state index in [2.05, 4.69) is 21.2 Å². The molecule has 0 aliphatic carbocycles. The number of nitrogens with one attached hydrogen (secondary N) is 1. The van der Waals surface area contributed by atoms with Crippen LogP contribution in [-0.4, -0.2) is 19.1 Å². The molecule has 3 N–H and O–H groups in total. The molecule has 1 unspecified atom stereocenters. The summed E-state index contributed by atoms with van der Waals surface area (Å²) < 4.78 is 5.87. The van der Waals surface area contributed by atoms with Crippen molar-refractivity contribution in [1.82, 2.24) is 0 Å². The van der Waals surface area contributed by atoms with E-state index in [1.165, 1.54) is 0 Å². The molecule has 0 spiro atoms. The lowest BCUT2D eigenvalue weighted by molar-refractivity contribution is -0.117. The van der Waals surface area contributed by atoms with E-state index >= 15 is 0 Å². The van der Waals surface area contributed by atoms with E-state index in [0.717, 1.165) is 4.47 Å². The van der Waals surface area contributed by atoms with Crippen molar-refractivity contribution in [2.45, 2.75) is 19.4 Å². The van der Waals surface area contributed by atoms with Crippen molar-refractivity contribution in [3.05, 3.63) is 22.7 Å². The Hall–Kier alpha value is -1.07. The summed E-state index contributed by atoms with van der Waals surface area (Å²) in [5, 5.41) is 2.74. The van der Waals surface area contributed by atoms with Crippen molar-refractivity contribution in [2.75, 3.05) is 12.4 Å². The number of amides is 1. The van der Waals surface area contributed by atoms with Gasteiger partial charge < -0.3 is 15.8 Å². The number of anilines is 1. The molecule has 4 nitrogen and oxygen atoms in total. The summed E-state index contributed by atoms with van der Waals surface area (Å²) in [6.07, 6.45) is 0.605. The Kier molecular flexibility index (Phi) is 4.76. The highest BCUT2D eigenvalue weighted by Crippen LogP contribution is 2.27. The van der Waals surface area contributed by atoms with Gasteiger partial charge in [-0.15, -0.1) is 0 Å². The Bertz CT molecular complexity index is 382. The molecule has 1 amide bonds. The van der Waals surface area contributed by atoms with Gasteiger partial charge in [-0.1, -0.05) is 6.92 Å². The van der Waals surface area contributed by atoms with E-state index in [1.54, 1.807) is 19.2 Å². The molecule has 1 atom stereocenters. The maximum absolute atomic E-state index is 11.6. The van der Waals surface area contributed by atoms with Gasteiger partial charge in [0.1, 0.15) is 5.75 Å². The fourth-order valence-corrected chi connectivity index (χ4v) is 1.48. The van der Waals surface area contributed by atoms with Crippen molar-refractivity contribution >= 4 is 27.5 Å². The zero-order valence-electron chi connectivity index (χ0n) is 9.29. The van der Waals surface area contributed by atoms with Crippen LogP contribution < -0.4 is 15.8 Å². The molecule has 1 aromatic carbocycles. The minimum Gasteiger partial charge on any atom is -0.497 e. The molecule has 0 aliphatic rings. The summed E-state index contributed by atoms with van der Waals surface area (Å²) in [7, 11) is 1.58. The molecule has 0 saturated heterocycles. The van der Waals surface area contributed by atoms with Gasteiger partial charge in [-0.3, -0.25) is 4.79 Å². The molecule has 88 valence electrons. The SMILES string of the molecule is CCC(N)C(=O)Nc1cc(OC)ccc1Br. The van der Waals surface area contributed by atoms with Gasteiger partial charge in [0.2, 0.25) is 5.91 Å². The third-order valence-electron chi connectivity index (χ3n) is 2.21. The molecule has 16 heavy (non-hydrogen) atoms. The third-order valence-corrected chi connectivity index (χ3v) is 2.90. The smallest absolute Gasteiger partial charge is 0.241 e. The molecule has 0 aliphatic heterocycles. The minimum absolute atomic E-state index is 0.198. The first-order valence-electron chi connectivity index (χ1n) is 4.98. The highest BCUT2D eigenvalue weighted by atomic mass is 79.9. The number of hydrogen-bond donors (Lipinski definition) is 2. The predicted molar refractivity (Wildman–Crippen MR) is 67.6 cm³/mol. The monoisotopic (exact) mass is 286 g/mol. The topological polar surface area (TPSA) is 64.4 Å². The van der Waals surface area contributed by atoms with Gasteiger partial charge in [-0.05, 0) is 34.5 Å². The molecule has 1 aromatic rings. The lowest BCUT2D eigenvalue weighted by Gasteiger charge is -2.12. The van der Waals surface area contributed by atoms with Crippen LogP contribution in [0.25, 0.3) is 0 Å². The van der Waals surface area contributed by atoms with Gasteiger partial charge in [0.25, 0.3) is 0 Å². The fourth-order valence-electron chi connectivity index (χ4n) is 1.14. The molecular formula is C11H15BrN2O2. The molecule has 5 heteroatoms. The lowest BCUT2D eigenvalue weighted by Crippen LogP contribution is -2.34. The molecule has 0 fully saturated rings. The van der Waals surface area contributed by atoms with Gasteiger partial charge in [0.15, 0.2) is 0 Å². The molecular weight excluding hydrogens is 272 g/mol. The van der Waals surface area contributed by atoms with Crippen LogP contribution >= 0.6 is 15.9 Å². The Morgan fingerprint density at radius 1 is 1.62 bits per heavy atom. The van der Waals surface area contributed by atoms with Gasteiger partial charge in [0, 0.05) is 10.5 Å². The average molecular weight is 287 g/mol. The predicted octanol–water partition coefficient (Wildman–Crippen LogP) is 2.13. The second-order valence-corrected chi connectivity index (χ2v) is 4.20. The number of halogens is 1. The zero-order valence-corrected chi connectivity index (χ0v) is 10.9. The van der Waals surface area contributed by atoms with E-state index in [9.17, 15) is 4.79 Å². The van der Waals surface area contributed by atoms with Crippen LogP contribution in [0.5, 0.6) is 5.75 Å². The average Bonchev–Trinajstić information content (AvgIpc) is 2.30. The van der Waals surface area contributed by atoms with E-state index in [1.807, 2.05) is 13.0 Å². The van der Waals surface area contributed by atoms with Crippen molar-refractivity contribution in [3.63, 3.8) is 0 Å². The number of hydrogen-bond acceptors (Lipinski definition) is 3. The number of ether oxygens (including phenoxy) is 1. The van der Waals surface area contributed by atoms with E-state index in [4.69, 9.17) is 10.5 Å². The number of carbonyl (C=O) groups is 1. The van der Waals surface area contributed by atoms with Crippen LogP contribution in [0, 0.1) is 0 Å². The van der Waals surface area contributed by atoms with Crippen LogP contribution in [0.4, 0.5) is 5.69 Å². The van der Waals surface area contributed by atoms with Gasteiger partial charge in [-0.2, -0.15) is 0 Å². The minimum atomic E-state index is -0.488. The second-order valence-electron chi connectivity index (χ2n) is 3.35. The van der Waals surface area contributed by atoms with Crippen LogP contribution in [0.3, 0.4) is 0 Å². The van der Waals surface area contributed by atoms with Crippen LogP contribution in [-0.2, 0) is 4.79 Å². The lowest BCUT2D eigenvalue weighted by atomic mass is 10.2. The highest BCUT2D eigenvalue weighted by molar-refractivity contribution is 9.10. The summed E-state index contributed by atoms with van der Waals surface area (Å²) in [4.78, 5) is 11.6. The number of benzene rings is 1. The van der Waals surface area contributed by atoms with Crippen molar-refractivity contribution < 1.29 is 9.53 Å². The summed E-state index contributed by atoms with van der Waals surface area (Å²) in [6.45, 7) is 1.87. The number of methoxy groups -OCH3 is 1. The Balaban J connectivity index is 2.83. The molecule has 1 rings (SSSR count). The summed E-state index contributed by atoms with van der Waals surface area (Å²) >= 11 is 3.35. The third kappa shape index (κ3) is 3.21. The quantitative estimate of drug-likeness (QED) is 0.891. The van der Waals surface area contributed by atoms with Crippen LogP contribution in [0.15, 0.2) is 22.7 Å². The highest BCUT2D eigenvalue weighted by Gasteiger charge is 2.12. The normalized spacial score (nSPS) is 12.0. The van der Waals surface area contributed by atoms with Crippen molar-refractivity contribution in [2.24, 2.45) is 5.73 Å². The van der Waals surface area contributed by atoms with Crippen molar-refractivity contribution in [3.8, 4) is 5.75 Å². The van der Waals surface area contributed by atoms with Gasteiger partial charge in [-0.25, -0.2) is 0 Å². The first kappa shape index (κ1) is 13.0.